The van der Waals surface area contributed by atoms with Crippen molar-refractivity contribution < 1.29 is 9.84 Å². The van der Waals surface area contributed by atoms with Crippen LogP contribution in [0.1, 0.15) is 11.7 Å². The molecule has 1 aromatic carbocycles. The molecule has 0 fully saturated rings. The molecule has 0 saturated carbocycles. The molecular weight excluding hydrogens is 192 g/mol. The van der Waals surface area contributed by atoms with E-state index in [0.29, 0.717) is 5.75 Å². The van der Waals surface area contributed by atoms with Gasteiger partial charge in [-0.1, -0.05) is 12.1 Å². The number of aliphatic hydroxyl groups excluding tert-OH is 1. The van der Waals surface area contributed by atoms with Crippen LogP contribution < -0.4 is 10.5 Å². The maximum Gasteiger partial charge on any atom is 0.148 e. The third-order valence-electron chi connectivity index (χ3n) is 2.50. The number of methoxy groups -OCH3 is 1. The van der Waals surface area contributed by atoms with Crippen LogP contribution in [-0.4, -0.2) is 23.7 Å². The van der Waals surface area contributed by atoms with Crippen molar-refractivity contribution in [1.82, 2.24) is 4.98 Å². The Morgan fingerprint density at radius 1 is 1.47 bits per heavy atom. The van der Waals surface area contributed by atoms with Gasteiger partial charge in [0.05, 0.1) is 18.7 Å². The highest BCUT2D eigenvalue weighted by atomic mass is 16.5. The van der Waals surface area contributed by atoms with Crippen LogP contribution in [0.5, 0.6) is 5.75 Å². The zero-order chi connectivity index (χ0) is 10.8. The maximum absolute atomic E-state index is 9.72. The monoisotopic (exact) mass is 206 g/mol. The van der Waals surface area contributed by atoms with Crippen LogP contribution in [0.2, 0.25) is 0 Å². The number of aromatic nitrogens is 1. The second-order valence-electron chi connectivity index (χ2n) is 3.38. The van der Waals surface area contributed by atoms with Crippen LogP contribution in [0.4, 0.5) is 0 Å². The molecule has 80 valence electrons. The first kappa shape index (κ1) is 10.0. The van der Waals surface area contributed by atoms with Crippen LogP contribution in [0.3, 0.4) is 0 Å². The highest BCUT2D eigenvalue weighted by Gasteiger charge is 2.14. The molecule has 4 heteroatoms. The molecule has 2 rings (SSSR count). The maximum atomic E-state index is 9.72. The predicted octanol–water partition coefficient (Wildman–Crippen LogP) is 1.17. The largest absolute Gasteiger partial charge is 0.494 e. The summed E-state index contributed by atoms with van der Waals surface area (Å²) >= 11 is 0. The van der Waals surface area contributed by atoms with Gasteiger partial charge in [0.2, 0.25) is 0 Å². The van der Waals surface area contributed by atoms with E-state index in [2.05, 4.69) is 4.98 Å². The third kappa shape index (κ3) is 1.58. The van der Waals surface area contributed by atoms with Crippen molar-refractivity contribution in [2.24, 2.45) is 5.73 Å². The zero-order valence-corrected chi connectivity index (χ0v) is 8.53. The summed E-state index contributed by atoms with van der Waals surface area (Å²) in [5, 5.41) is 10.8. The lowest BCUT2D eigenvalue weighted by atomic mass is 10.1. The topological polar surface area (TPSA) is 71.3 Å². The standard InChI is InChI=1S/C11H14N2O2/c1-15-11-8(9(14)6-12)3-2-7-4-5-13-10(7)11/h2-5,9,13-14H,6,12H2,1H3. The van der Waals surface area contributed by atoms with Crippen LogP contribution in [-0.2, 0) is 0 Å². The number of hydrogen-bond acceptors (Lipinski definition) is 3. The normalized spacial score (nSPS) is 13.0. The molecule has 4 nitrogen and oxygen atoms in total. The molecule has 0 amide bonds. The van der Waals surface area contributed by atoms with Crippen LogP contribution in [0, 0.1) is 0 Å². The molecule has 0 radical (unpaired) electrons. The van der Waals surface area contributed by atoms with Crippen molar-refractivity contribution in [3.63, 3.8) is 0 Å². The predicted molar refractivity (Wildman–Crippen MR) is 58.9 cm³/mol. The minimum atomic E-state index is -0.687. The van der Waals surface area contributed by atoms with Crippen molar-refractivity contribution in [1.29, 1.82) is 0 Å². The van der Waals surface area contributed by atoms with Gasteiger partial charge in [0.15, 0.2) is 0 Å². The molecule has 0 aliphatic rings. The highest BCUT2D eigenvalue weighted by molar-refractivity contribution is 5.86. The average Bonchev–Trinajstić information content (AvgIpc) is 2.74. The molecule has 15 heavy (non-hydrogen) atoms. The second-order valence-corrected chi connectivity index (χ2v) is 3.38. The summed E-state index contributed by atoms with van der Waals surface area (Å²) < 4.78 is 5.29. The third-order valence-corrected chi connectivity index (χ3v) is 2.50. The Balaban J connectivity index is 2.63. The van der Waals surface area contributed by atoms with Gasteiger partial charge in [-0.15, -0.1) is 0 Å². The highest BCUT2D eigenvalue weighted by Crippen LogP contribution is 2.32. The number of fused-ring (bicyclic) bond motifs is 1. The quantitative estimate of drug-likeness (QED) is 0.706. The molecule has 1 heterocycles. The lowest BCUT2D eigenvalue weighted by Crippen LogP contribution is -2.12. The Kier molecular flexibility index (Phi) is 2.62. The molecule has 0 aliphatic carbocycles. The van der Waals surface area contributed by atoms with E-state index in [1.165, 1.54) is 0 Å². The van der Waals surface area contributed by atoms with Crippen molar-refractivity contribution >= 4 is 10.9 Å². The van der Waals surface area contributed by atoms with E-state index in [1.807, 2.05) is 24.4 Å². The van der Waals surface area contributed by atoms with Crippen LogP contribution >= 0.6 is 0 Å². The van der Waals surface area contributed by atoms with Crippen molar-refractivity contribution in [2.45, 2.75) is 6.10 Å². The molecule has 1 unspecified atom stereocenters. The molecule has 4 N–H and O–H groups in total. The van der Waals surface area contributed by atoms with E-state index >= 15 is 0 Å². The van der Waals surface area contributed by atoms with E-state index in [4.69, 9.17) is 10.5 Å². The Morgan fingerprint density at radius 2 is 2.27 bits per heavy atom. The lowest BCUT2D eigenvalue weighted by Gasteiger charge is -2.13. The fourth-order valence-corrected chi connectivity index (χ4v) is 1.73. The van der Waals surface area contributed by atoms with Gasteiger partial charge in [-0.3, -0.25) is 0 Å². The van der Waals surface area contributed by atoms with Crippen molar-refractivity contribution in [3.05, 3.63) is 30.0 Å². The fraction of sp³-hybridized carbons (Fsp3) is 0.273. The lowest BCUT2D eigenvalue weighted by molar-refractivity contribution is 0.182. The molecule has 1 aromatic heterocycles. The Labute approximate surface area is 87.7 Å². The van der Waals surface area contributed by atoms with E-state index in [1.54, 1.807) is 7.11 Å². The van der Waals surface area contributed by atoms with Gasteiger partial charge >= 0.3 is 0 Å². The van der Waals surface area contributed by atoms with Gasteiger partial charge in [-0.05, 0) is 6.07 Å². The molecular formula is C11H14N2O2. The SMILES string of the molecule is COc1c(C(O)CN)ccc2cc[nH]c12. The number of ether oxygens (including phenoxy) is 1. The van der Waals surface area contributed by atoms with E-state index in [9.17, 15) is 5.11 Å². The molecule has 0 aliphatic heterocycles. The van der Waals surface area contributed by atoms with Crippen LogP contribution in [0.15, 0.2) is 24.4 Å². The number of hydrogen-bond donors (Lipinski definition) is 3. The summed E-state index contributed by atoms with van der Waals surface area (Å²) in [6, 6.07) is 5.73. The Bertz CT molecular complexity index is 465. The first-order valence-corrected chi connectivity index (χ1v) is 4.80. The Hall–Kier alpha value is -1.52. The minimum absolute atomic E-state index is 0.183. The van der Waals surface area contributed by atoms with Gasteiger partial charge in [0, 0.05) is 23.7 Å². The number of aliphatic hydroxyl groups is 1. The van der Waals surface area contributed by atoms with Crippen molar-refractivity contribution in [3.8, 4) is 5.75 Å². The van der Waals surface area contributed by atoms with Crippen molar-refractivity contribution in [2.75, 3.05) is 13.7 Å². The zero-order valence-electron chi connectivity index (χ0n) is 8.53. The number of nitrogens with two attached hydrogens (primary N) is 1. The summed E-state index contributed by atoms with van der Waals surface area (Å²) in [5.41, 5.74) is 7.04. The van der Waals surface area contributed by atoms with Gasteiger partial charge in [0.1, 0.15) is 5.75 Å². The molecule has 0 saturated heterocycles. The fourth-order valence-electron chi connectivity index (χ4n) is 1.73. The number of benzene rings is 1. The molecule has 0 spiro atoms. The van der Waals surface area contributed by atoms with E-state index < -0.39 is 6.10 Å². The minimum Gasteiger partial charge on any atom is -0.494 e. The smallest absolute Gasteiger partial charge is 0.148 e. The van der Waals surface area contributed by atoms with Gasteiger partial charge in [0.25, 0.3) is 0 Å². The van der Waals surface area contributed by atoms with Gasteiger partial charge < -0.3 is 20.6 Å². The van der Waals surface area contributed by atoms with Gasteiger partial charge in [-0.25, -0.2) is 0 Å². The summed E-state index contributed by atoms with van der Waals surface area (Å²) in [6.45, 7) is 0.183. The number of H-pyrrole nitrogens is 1. The molecule has 1 atom stereocenters. The number of rotatable bonds is 3. The summed E-state index contributed by atoms with van der Waals surface area (Å²) in [4.78, 5) is 3.08. The summed E-state index contributed by atoms with van der Waals surface area (Å²) in [6.07, 6.45) is 1.15. The van der Waals surface area contributed by atoms with Crippen LogP contribution in [0.25, 0.3) is 10.9 Å². The molecule has 2 aromatic rings. The second kappa shape index (κ2) is 3.92. The first-order valence-electron chi connectivity index (χ1n) is 4.80. The average molecular weight is 206 g/mol. The number of aromatic amines is 1. The van der Waals surface area contributed by atoms with Gasteiger partial charge in [-0.2, -0.15) is 0 Å². The number of nitrogens with one attached hydrogen (secondary N) is 1. The summed E-state index contributed by atoms with van der Waals surface area (Å²) in [7, 11) is 1.59. The Morgan fingerprint density at radius 3 is 2.93 bits per heavy atom. The van der Waals surface area contributed by atoms with E-state index in [0.717, 1.165) is 16.5 Å². The van der Waals surface area contributed by atoms with E-state index in [-0.39, 0.29) is 6.54 Å². The first-order chi connectivity index (χ1) is 7.27. The molecule has 0 bridgehead atoms. The summed E-state index contributed by atoms with van der Waals surface area (Å²) in [5.74, 6) is 0.662.